The van der Waals surface area contributed by atoms with Crippen molar-refractivity contribution in [1.82, 2.24) is 26.2 Å². The SMILES string of the molecule is CN[C@@H](C)C(=O)N[C@H](C(=O)N1CC[C@@H]2Oc3ccc(OC)c(c3)/C=C/NC(=O)C(Cc3ccccc3)NC(=O)[C@H]21)C(C)C. The van der Waals surface area contributed by atoms with Crippen LogP contribution < -0.4 is 30.7 Å². The fourth-order valence-corrected chi connectivity index (χ4v) is 5.27. The van der Waals surface area contributed by atoms with Gasteiger partial charge in [-0.2, -0.15) is 0 Å². The van der Waals surface area contributed by atoms with Crippen molar-refractivity contribution >= 4 is 29.7 Å². The maximum Gasteiger partial charge on any atom is 0.247 e. The van der Waals surface area contributed by atoms with E-state index in [1.807, 2.05) is 44.2 Å². The number of hydrogen-bond acceptors (Lipinski definition) is 7. The predicted molar refractivity (Wildman–Crippen MR) is 162 cm³/mol. The van der Waals surface area contributed by atoms with E-state index in [0.717, 1.165) is 5.56 Å². The highest BCUT2D eigenvalue weighted by atomic mass is 16.5. The molecule has 2 aromatic carbocycles. The molecule has 11 heteroatoms. The zero-order valence-corrected chi connectivity index (χ0v) is 25.3. The summed E-state index contributed by atoms with van der Waals surface area (Å²) in [5.41, 5.74) is 1.53. The molecule has 1 fully saturated rings. The number of nitrogens with one attached hydrogen (secondary N) is 4. The van der Waals surface area contributed by atoms with Crippen molar-refractivity contribution in [1.29, 1.82) is 0 Å². The Hall–Kier alpha value is -4.38. The van der Waals surface area contributed by atoms with Crippen LogP contribution in [0, 0.1) is 5.92 Å². The molecule has 0 radical (unpaired) electrons. The highest BCUT2D eigenvalue weighted by molar-refractivity contribution is 5.96. The van der Waals surface area contributed by atoms with Gasteiger partial charge in [-0.25, -0.2) is 0 Å². The van der Waals surface area contributed by atoms with Crippen LogP contribution in [0.4, 0.5) is 0 Å². The number of rotatable bonds is 8. The molecule has 0 aromatic heterocycles. The Morgan fingerprint density at radius 1 is 1.09 bits per heavy atom. The lowest BCUT2D eigenvalue weighted by molar-refractivity contribution is -0.144. The van der Waals surface area contributed by atoms with Gasteiger partial charge < -0.3 is 35.6 Å². The molecule has 4 amide bonds. The smallest absolute Gasteiger partial charge is 0.247 e. The number of hydrogen-bond donors (Lipinski definition) is 4. The second-order valence-corrected chi connectivity index (χ2v) is 11.2. The van der Waals surface area contributed by atoms with Gasteiger partial charge in [0.25, 0.3) is 0 Å². The van der Waals surface area contributed by atoms with E-state index < -0.39 is 42.1 Å². The van der Waals surface area contributed by atoms with E-state index >= 15 is 0 Å². The third-order valence-electron chi connectivity index (χ3n) is 7.84. The van der Waals surface area contributed by atoms with Crippen molar-refractivity contribution in [3.8, 4) is 11.5 Å². The van der Waals surface area contributed by atoms with Gasteiger partial charge in [-0.3, -0.25) is 19.2 Å². The average Bonchev–Trinajstić information content (AvgIpc) is 3.42. The van der Waals surface area contributed by atoms with Crippen molar-refractivity contribution in [2.24, 2.45) is 5.92 Å². The van der Waals surface area contributed by atoms with Gasteiger partial charge in [0.05, 0.1) is 13.2 Å². The molecule has 0 saturated carbocycles. The standard InChI is InChI=1S/C32H41N5O6/c1-19(2)27(36-29(38)20(3)33-4)32(41)37-16-14-26-28(37)31(40)35-24(17-21-9-7-6-8-10-21)30(39)34-15-13-22-18-23(43-26)11-12-25(22)42-5/h6-13,15,18-20,24,26-28,33H,14,16-17H2,1-5H3,(H,34,39)(H,35,40)(H,36,38)/b15-13+/t20-,24?,26-,27-,28-/m0/s1. The number of carbonyl (C=O) groups is 4. The topological polar surface area (TPSA) is 138 Å². The van der Waals surface area contributed by atoms with Crippen molar-refractivity contribution < 1.29 is 28.7 Å². The zero-order chi connectivity index (χ0) is 31.1. The summed E-state index contributed by atoms with van der Waals surface area (Å²) in [7, 11) is 3.22. The summed E-state index contributed by atoms with van der Waals surface area (Å²) in [5, 5.41) is 11.4. The molecule has 1 saturated heterocycles. The molecule has 2 bridgehead atoms. The summed E-state index contributed by atoms with van der Waals surface area (Å²) < 4.78 is 11.8. The molecule has 4 N–H and O–H groups in total. The summed E-state index contributed by atoms with van der Waals surface area (Å²) in [6.45, 7) is 5.62. The Bertz CT molecular complexity index is 1350. The Kier molecular flexibility index (Phi) is 10.4. The highest BCUT2D eigenvalue weighted by Gasteiger charge is 2.46. The normalized spacial score (nSPS) is 22.4. The molecule has 2 heterocycles. The first kappa shape index (κ1) is 31.6. The molecule has 4 rings (SSSR count). The number of benzene rings is 2. The van der Waals surface area contributed by atoms with E-state index in [0.29, 0.717) is 23.5 Å². The Balaban J connectivity index is 1.71. The molecule has 2 aliphatic rings. The Labute approximate surface area is 252 Å². The molecule has 0 aliphatic carbocycles. The average molecular weight is 592 g/mol. The van der Waals surface area contributed by atoms with Crippen molar-refractivity contribution in [3.05, 3.63) is 65.9 Å². The van der Waals surface area contributed by atoms with E-state index in [1.54, 1.807) is 45.4 Å². The number of likely N-dealkylation sites (N-methyl/N-ethyl adjacent to an activating group) is 1. The predicted octanol–water partition coefficient (Wildman–Crippen LogP) is 1.62. The summed E-state index contributed by atoms with van der Waals surface area (Å²) >= 11 is 0. The fraction of sp³-hybridized carbons (Fsp3) is 0.438. The minimum Gasteiger partial charge on any atom is -0.496 e. The monoisotopic (exact) mass is 591 g/mol. The van der Waals surface area contributed by atoms with E-state index in [2.05, 4.69) is 21.3 Å². The molecular weight excluding hydrogens is 550 g/mol. The number of fused-ring (bicyclic) bond motifs is 3. The summed E-state index contributed by atoms with van der Waals surface area (Å²) in [6, 6.07) is 11.3. The third-order valence-corrected chi connectivity index (χ3v) is 7.84. The van der Waals surface area contributed by atoms with E-state index in [1.165, 1.54) is 11.1 Å². The number of methoxy groups -OCH3 is 1. The maximum atomic E-state index is 14.1. The van der Waals surface area contributed by atoms with Crippen LogP contribution >= 0.6 is 0 Å². The van der Waals surface area contributed by atoms with Gasteiger partial charge >= 0.3 is 0 Å². The van der Waals surface area contributed by atoms with Crippen molar-refractivity contribution in [2.75, 3.05) is 20.7 Å². The second kappa shape index (κ2) is 14.2. The van der Waals surface area contributed by atoms with Crippen LogP contribution in [0.15, 0.2) is 54.7 Å². The lowest BCUT2D eigenvalue weighted by Crippen LogP contribution is -2.60. The number of ether oxygens (including phenoxy) is 2. The first-order valence-corrected chi connectivity index (χ1v) is 14.6. The summed E-state index contributed by atoms with van der Waals surface area (Å²) in [6.07, 6.45) is 3.12. The molecule has 1 unspecified atom stereocenters. The van der Waals surface area contributed by atoms with Crippen LogP contribution in [-0.2, 0) is 25.6 Å². The molecule has 230 valence electrons. The number of nitrogens with zero attached hydrogens (tertiary/aromatic N) is 1. The second-order valence-electron chi connectivity index (χ2n) is 11.2. The van der Waals surface area contributed by atoms with Gasteiger partial charge in [0.2, 0.25) is 23.6 Å². The van der Waals surface area contributed by atoms with Crippen LogP contribution in [0.5, 0.6) is 11.5 Å². The quantitative estimate of drug-likeness (QED) is 0.366. The lowest BCUT2D eigenvalue weighted by atomic mass is 10.0. The number of amides is 4. The van der Waals surface area contributed by atoms with Crippen molar-refractivity contribution in [3.63, 3.8) is 0 Å². The Morgan fingerprint density at radius 3 is 2.51 bits per heavy atom. The summed E-state index contributed by atoms with van der Waals surface area (Å²) in [5.74, 6) is -0.812. The van der Waals surface area contributed by atoms with Crippen LogP contribution in [0.3, 0.4) is 0 Å². The van der Waals surface area contributed by atoms with Crippen LogP contribution in [-0.4, -0.2) is 79.5 Å². The molecule has 2 aromatic rings. The molecule has 2 aliphatic heterocycles. The van der Waals surface area contributed by atoms with Crippen LogP contribution in [0.25, 0.3) is 6.08 Å². The first-order valence-electron chi connectivity index (χ1n) is 14.6. The van der Waals surface area contributed by atoms with Gasteiger partial charge in [-0.1, -0.05) is 44.2 Å². The highest BCUT2D eigenvalue weighted by Crippen LogP contribution is 2.30. The van der Waals surface area contributed by atoms with Gasteiger partial charge in [0.1, 0.15) is 35.7 Å². The lowest BCUT2D eigenvalue weighted by Gasteiger charge is -2.33. The molecule has 11 nitrogen and oxygen atoms in total. The fourth-order valence-electron chi connectivity index (χ4n) is 5.27. The van der Waals surface area contributed by atoms with Gasteiger partial charge in [-0.15, -0.1) is 0 Å². The van der Waals surface area contributed by atoms with E-state index in [4.69, 9.17) is 9.47 Å². The van der Waals surface area contributed by atoms with Gasteiger partial charge in [0.15, 0.2) is 0 Å². The third kappa shape index (κ3) is 7.53. The van der Waals surface area contributed by atoms with Crippen LogP contribution in [0.2, 0.25) is 0 Å². The largest absolute Gasteiger partial charge is 0.496 e. The molecule has 43 heavy (non-hydrogen) atoms. The minimum atomic E-state index is -1.04. The van der Waals surface area contributed by atoms with Crippen LogP contribution in [0.1, 0.15) is 38.3 Å². The summed E-state index contributed by atoms with van der Waals surface area (Å²) in [4.78, 5) is 55.7. The maximum absolute atomic E-state index is 14.1. The molecule has 0 spiro atoms. The van der Waals surface area contributed by atoms with E-state index in [-0.39, 0.29) is 30.7 Å². The van der Waals surface area contributed by atoms with E-state index in [9.17, 15) is 19.2 Å². The zero-order valence-electron chi connectivity index (χ0n) is 25.3. The van der Waals surface area contributed by atoms with Gasteiger partial charge in [0, 0.05) is 31.1 Å². The Morgan fingerprint density at radius 2 is 1.84 bits per heavy atom. The molecule has 5 atom stereocenters. The number of carbonyl (C=O) groups excluding carboxylic acids is 4. The van der Waals surface area contributed by atoms with Gasteiger partial charge in [-0.05, 0) is 49.7 Å². The number of likely N-dealkylation sites (tertiary alicyclic amines) is 1. The minimum absolute atomic E-state index is 0.237. The first-order chi connectivity index (χ1) is 20.6. The van der Waals surface area contributed by atoms with Crippen molar-refractivity contribution in [2.45, 2.75) is 63.9 Å². The molecular formula is C32H41N5O6.